The molecule has 0 bridgehead atoms. The van der Waals surface area contributed by atoms with Gasteiger partial charge in [-0.2, -0.15) is 0 Å². The van der Waals surface area contributed by atoms with Gasteiger partial charge in [-0.05, 0) is 51.3 Å². The summed E-state index contributed by atoms with van der Waals surface area (Å²) in [6.45, 7) is 0. The van der Waals surface area contributed by atoms with E-state index in [1.807, 2.05) is 24.3 Å². The molecule has 2 nitrogen and oxygen atoms in total. The highest BCUT2D eigenvalue weighted by Crippen LogP contribution is 2.70. The molecule has 0 amide bonds. The van der Waals surface area contributed by atoms with Crippen LogP contribution >= 0.6 is 39.1 Å². The lowest BCUT2D eigenvalue weighted by molar-refractivity contribution is 0.383. The Balaban J connectivity index is 1.94. The summed E-state index contributed by atoms with van der Waals surface area (Å²) in [6.07, 6.45) is 0. The zero-order valence-corrected chi connectivity index (χ0v) is 15.5. The molecule has 1 aliphatic carbocycles. The number of rotatable bonds is 4. The molecule has 0 heterocycles. The van der Waals surface area contributed by atoms with Gasteiger partial charge in [0, 0.05) is 11.8 Å². The fourth-order valence-electron chi connectivity index (χ4n) is 2.92. The molecule has 1 saturated carbocycles. The lowest BCUT2D eigenvalue weighted by atomic mass is 10.0. The first-order valence-corrected chi connectivity index (χ1v) is 8.49. The average molecular weight is 420 g/mol. The molecule has 23 heavy (non-hydrogen) atoms. The summed E-state index contributed by atoms with van der Waals surface area (Å²) < 4.78 is 23.9. The molecule has 2 atom stereocenters. The van der Waals surface area contributed by atoms with Gasteiger partial charge in [0.1, 0.15) is 10.1 Å². The van der Waals surface area contributed by atoms with E-state index in [2.05, 4.69) is 15.9 Å². The molecular formula is C17H14BrCl2FO2. The minimum absolute atomic E-state index is 0.101. The first kappa shape index (κ1) is 16.9. The second kappa shape index (κ2) is 6.15. The van der Waals surface area contributed by atoms with Gasteiger partial charge in [0.15, 0.2) is 11.6 Å². The summed E-state index contributed by atoms with van der Waals surface area (Å²) in [5, 5.41) is 0. The molecule has 6 heteroatoms. The number of hydrogen-bond donors (Lipinski definition) is 0. The number of halogens is 4. The van der Waals surface area contributed by atoms with E-state index >= 15 is 0 Å². The summed E-state index contributed by atoms with van der Waals surface area (Å²) in [5.41, 5.74) is 1.73. The maximum absolute atomic E-state index is 14.1. The fraction of sp³-hybridized carbons (Fsp3) is 0.294. The Labute approximate surface area is 152 Å². The van der Waals surface area contributed by atoms with E-state index in [4.69, 9.17) is 32.7 Å². The predicted molar refractivity (Wildman–Crippen MR) is 93.6 cm³/mol. The Kier molecular flexibility index (Phi) is 4.51. The topological polar surface area (TPSA) is 18.5 Å². The van der Waals surface area contributed by atoms with E-state index in [1.165, 1.54) is 13.2 Å². The van der Waals surface area contributed by atoms with Gasteiger partial charge in [-0.15, -0.1) is 23.2 Å². The molecule has 122 valence electrons. The first-order valence-electron chi connectivity index (χ1n) is 6.94. The number of benzene rings is 2. The molecule has 2 aromatic rings. The molecule has 0 aliphatic heterocycles. The Morgan fingerprint density at radius 1 is 1.00 bits per heavy atom. The van der Waals surface area contributed by atoms with Crippen molar-refractivity contribution in [2.75, 3.05) is 14.2 Å². The Morgan fingerprint density at radius 2 is 1.61 bits per heavy atom. The van der Waals surface area contributed by atoms with Gasteiger partial charge in [-0.1, -0.05) is 12.1 Å². The first-order chi connectivity index (χ1) is 10.9. The van der Waals surface area contributed by atoms with Crippen molar-refractivity contribution in [1.29, 1.82) is 0 Å². The molecular weight excluding hydrogens is 406 g/mol. The van der Waals surface area contributed by atoms with Gasteiger partial charge in [-0.3, -0.25) is 0 Å². The summed E-state index contributed by atoms with van der Waals surface area (Å²) in [4.78, 5) is 0. The van der Waals surface area contributed by atoms with Gasteiger partial charge in [0.05, 0.1) is 18.7 Å². The van der Waals surface area contributed by atoms with Crippen LogP contribution in [0.2, 0.25) is 0 Å². The van der Waals surface area contributed by atoms with Crippen molar-refractivity contribution in [2.24, 2.45) is 0 Å². The second-order valence-corrected chi connectivity index (χ2v) is 7.72. The highest BCUT2D eigenvalue weighted by atomic mass is 79.9. The summed E-state index contributed by atoms with van der Waals surface area (Å²) in [5.74, 6) is 0.206. The van der Waals surface area contributed by atoms with Crippen molar-refractivity contribution >= 4 is 39.1 Å². The molecule has 0 N–H and O–H groups in total. The Bertz CT molecular complexity index is 711. The second-order valence-electron chi connectivity index (χ2n) is 5.42. The van der Waals surface area contributed by atoms with Crippen LogP contribution in [0, 0.1) is 5.82 Å². The monoisotopic (exact) mass is 418 g/mol. The summed E-state index contributed by atoms with van der Waals surface area (Å²) in [7, 11) is 3.04. The van der Waals surface area contributed by atoms with Gasteiger partial charge in [-0.25, -0.2) is 4.39 Å². The van der Waals surface area contributed by atoms with Gasteiger partial charge in [0.25, 0.3) is 0 Å². The number of hydrogen-bond acceptors (Lipinski definition) is 2. The van der Waals surface area contributed by atoms with Crippen molar-refractivity contribution in [3.63, 3.8) is 0 Å². The molecule has 0 aromatic heterocycles. The van der Waals surface area contributed by atoms with Crippen LogP contribution in [0.4, 0.5) is 4.39 Å². The van der Waals surface area contributed by atoms with Crippen LogP contribution in [0.3, 0.4) is 0 Å². The highest BCUT2D eigenvalue weighted by molar-refractivity contribution is 9.10. The maximum Gasteiger partial charge on any atom is 0.168 e. The normalized spacial score (nSPS) is 21.8. The van der Waals surface area contributed by atoms with Crippen molar-refractivity contribution < 1.29 is 13.9 Å². The molecule has 0 radical (unpaired) electrons. The van der Waals surface area contributed by atoms with Crippen LogP contribution in [0.1, 0.15) is 23.0 Å². The molecule has 0 saturated heterocycles. The van der Waals surface area contributed by atoms with Crippen LogP contribution in [-0.4, -0.2) is 18.6 Å². The molecule has 0 spiro atoms. The highest BCUT2D eigenvalue weighted by Gasteiger charge is 2.64. The molecule has 1 fully saturated rings. The SMILES string of the molecule is COc1ccc([C@H]2[C@H](c3cc(F)c(OC)c(Br)c3)C2(Cl)Cl)cc1. The van der Waals surface area contributed by atoms with Crippen LogP contribution in [0.15, 0.2) is 40.9 Å². The Hall–Kier alpha value is -0.970. The third-order valence-corrected chi connectivity index (χ3v) is 5.64. The number of ether oxygens (including phenoxy) is 2. The van der Waals surface area contributed by atoms with Crippen LogP contribution in [0.5, 0.6) is 11.5 Å². The average Bonchev–Trinajstić information content (AvgIpc) is 3.09. The molecule has 0 unspecified atom stereocenters. The predicted octanol–water partition coefficient (Wildman–Crippen LogP) is 5.66. The number of methoxy groups -OCH3 is 2. The minimum Gasteiger partial charge on any atom is -0.497 e. The van der Waals surface area contributed by atoms with Crippen LogP contribution in [0.25, 0.3) is 0 Å². The largest absolute Gasteiger partial charge is 0.497 e. The van der Waals surface area contributed by atoms with Crippen molar-refractivity contribution in [2.45, 2.75) is 16.2 Å². The van der Waals surface area contributed by atoms with Gasteiger partial charge >= 0.3 is 0 Å². The van der Waals surface area contributed by atoms with Crippen LogP contribution in [-0.2, 0) is 0 Å². The third-order valence-electron chi connectivity index (χ3n) is 4.11. The zero-order chi connectivity index (χ0) is 16.8. The third kappa shape index (κ3) is 2.92. The van der Waals surface area contributed by atoms with Crippen molar-refractivity contribution in [3.05, 3.63) is 57.8 Å². The van der Waals surface area contributed by atoms with Crippen molar-refractivity contribution in [3.8, 4) is 11.5 Å². The summed E-state index contributed by atoms with van der Waals surface area (Å²) in [6, 6.07) is 10.8. The smallest absolute Gasteiger partial charge is 0.168 e. The summed E-state index contributed by atoms with van der Waals surface area (Å²) >= 11 is 16.2. The minimum atomic E-state index is -0.963. The number of alkyl halides is 2. The molecule has 2 aromatic carbocycles. The lowest BCUT2D eigenvalue weighted by Gasteiger charge is -2.08. The zero-order valence-electron chi connectivity index (χ0n) is 12.4. The quantitative estimate of drug-likeness (QED) is 0.595. The maximum atomic E-state index is 14.1. The molecule has 1 aliphatic rings. The van der Waals surface area contributed by atoms with Gasteiger partial charge < -0.3 is 9.47 Å². The van der Waals surface area contributed by atoms with Gasteiger partial charge in [0.2, 0.25) is 0 Å². The van der Waals surface area contributed by atoms with Crippen LogP contribution < -0.4 is 9.47 Å². The van der Waals surface area contributed by atoms with E-state index < -0.39 is 10.2 Å². The fourth-order valence-corrected chi connectivity index (χ4v) is 4.42. The lowest BCUT2D eigenvalue weighted by Crippen LogP contribution is -1.95. The van der Waals surface area contributed by atoms with E-state index in [-0.39, 0.29) is 17.6 Å². The van der Waals surface area contributed by atoms with E-state index in [0.29, 0.717) is 4.47 Å². The molecule has 3 rings (SSSR count). The Morgan fingerprint density at radius 3 is 2.13 bits per heavy atom. The standard InChI is InChI=1S/C17H14BrCl2FO2/c1-22-11-5-3-9(4-6-11)14-15(17(14,19)20)10-7-12(18)16(23-2)13(21)8-10/h3-8,14-15H,1-2H3/t14-,15-/m0/s1. The van der Waals surface area contributed by atoms with E-state index in [9.17, 15) is 4.39 Å². The van der Waals surface area contributed by atoms with E-state index in [1.54, 1.807) is 13.2 Å². The van der Waals surface area contributed by atoms with Crippen molar-refractivity contribution in [1.82, 2.24) is 0 Å². The van der Waals surface area contributed by atoms with E-state index in [0.717, 1.165) is 16.9 Å².